The Morgan fingerprint density at radius 2 is 2.00 bits per heavy atom. The highest BCUT2D eigenvalue weighted by Crippen LogP contribution is 2.27. The van der Waals surface area contributed by atoms with Gasteiger partial charge in [0.05, 0.1) is 18.1 Å². The molecule has 0 bridgehead atoms. The van der Waals surface area contributed by atoms with E-state index in [0.29, 0.717) is 12.2 Å². The Labute approximate surface area is 144 Å². The van der Waals surface area contributed by atoms with Gasteiger partial charge in [0.2, 0.25) is 0 Å². The minimum Gasteiger partial charge on any atom is -0.478 e. The number of hydrogen-bond donors (Lipinski definition) is 3. The summed E-state index contributed by atoms with van der Waals surface area (Å²) in [5.41, 5.74) is 9.97. The molecule has 7 nitrogen and oxygen atoms in total. The van der Waals surface area contributed by atoms with Gasteiger partial charge in [0.1, 0.15) is 0 Å². The molecule has 4 N–H and O–H groups in total. The minimum absolute atomic E-state index is 0.133. The average Bonchev–Trinajstić information content (AvgIpc) is 3.07. The number of carboxylic acids is 2. The fourth-order valence-electron chi connectivity index (χ4n) is 2.72. The maximum atomic E-state index is 9.55. The van der Waals surface area contributed by atoms with Gasteiger partial charge in [-0.3, -0.25) is 4.68 Å². The van der Waals surface area contributed by atoms with E-state index in [1.165, 1.54) is 27.3 Å². The van der Waals surface area contributed by atoms with E-state index in [1.54, 1.807) is 0 Å². The summed E-state index contributed by atoms with van der Waals surface area (Å²) >= 11 is 0. The van der Waals surface area contributed by atoms with Gasteiger partial charge in [0.25, 0.3) is 0 Å². The van der Waals surface area contributed by atoms with E-state index in [1.807, 2.05) is 17.8 Å². The fourth-order valence-corrected chi connectivity index (χ4v) is 2.72. The van der Waals surface area contributed by atoms with E-state index in [4.69, 9.17) is 15.9 Å². The summed E-state index contributed by atoms with van der Waals surface area (Å²) in [6.45, 7) is 4.95. The maximum Gasteiger partial charge on any atom is 0.328 e. The smallest absolute Gasteiger partial charge is 0.328 e. The van der Waals surface area contributed by atoms with Gasteiger partial charge < -0.3 is 15.9 Å². The number of hydrogen-bond acceptors (Lipinski definition) is 4. The van der Waals surface area contributed by atoms with E-state index in [-0.39, 0.29) is 6.04 Å². The van der Waals surface area contributed by atoms with Crippen molar-refractivity contribution in [1.29, 1.82) is 0 Å². The van der Waals surface area contributed by atoms with Gasteiger partial charge in [0.15, 0.2) is 0 Å². The summed E-state index contributed by atoms with van der Waals surface area (Å²) in [6, 6.07) is 0.133. The molecule has 0 amide bonds. The van der Waals surface area contributed by atoms with Crippen molar-refractivity contribution in [2.24, 2.45) is 5.73 Å². The molecule has 2 aliphatic carbocycles. The number of fused-ring (bicyclic) bond motifs is 2. The summed E-state index contributed by atoms with van der Waals surface area (Å²) in [6.07, 6.45) is 10.8. The molecule has 0 saturated heterocycles. The Balaban J connectivity index is 0.000000242. The Morgan fingerprint density at radius 1 is 1.36 bits per heavy atom. The molecule has 7 heteroatoms. The third-order valence-corrected chi connectivity index (χ3v) is 3.76. The van der Waals surface area contributed by atoms with E-state index in [9.17, 15) is 9.59 Å². The van der Waals surface area contributed by atoms with Gasteiger partial charge in [-0.1, -0.05) is 12.2 Å². The van der Waals surface area contributed by atoms with Gasteiger partial charge >= 0.3 is 11.9 Å². The van der Waals surface area contributed by atoms with Gasteiger partial charge in [-0.05, 0) is 43.1 Å². The predicted molar refractivity (Wildman–Crippen MR) is 93.9 cm³/mol. The zero-order chi connectivity index (χ0) is 18.6. The molecule has 0 spiro atoms. The molecule has 1 atom stereocenters. The first-order valence-electron chi connectivity index (χ1n) is 7.83. The molecule has 0 radical (unpaired) electrons. The quantitative estimate of drug-likeness (QED) is 0.670. The molecule has 1 aromatic rings. The molecule has 132 valence electrons. The first kappa shape index (κ1) is 18.4. The number of aromatic nitrogens is 2. The Hall–Kier alpha value is -2.93. The van der Waals surface area contributed by atoms with Crippen LogP contribution in [-0.2, 0) is 16.1 Å². The number of rotatable bonds is 4. The van der Waals surface area contributed by atoms with Crippen molar-refractivity contribution in [3.8, 4) is 0 Å². The number of nitrogens with two attached hydrogens (primary N) is 1. The predicted octanol–water partition coefficient (Wildman–Crippen LogP) is 0.163. The van der Waals surface area contributed by atoms with Crippen LogP contribution in [0.25, 0.3) is 11.6 Å². The van der Waals surface area contributed by atoms with Crippen molar-refractivity contribution < 1.29 is 19.8 Å². The van der Waals surface area contributed by atoms with Gasteiger partial charge in [-0.25, -0.2) is 9.59 Å². The monoisotopic (exact) mass is 343 g/mol. The number of carbonyl (C=O) groups is 2. The van der Waals surface area contributed by atoms with Crippen LogP contribution in [0.2, 0.25) is 0 Å². The molecule has 3 rings (SSSR count). The summed E-state index contributed by atoms with van der Waals surface area (Å²) in [5, 5.41) is 22.6. The Kier molecular flexibility index (Phi) is 5.71. The number of aliphatic carboxylic acids is 2. The summed E-state index contributed by atoms with van der Waals surface area (Å²) < 4.78 is 2.02. The Bertz CT molecular complexity index is 885. The molecular formula is C18H21N3O4. The van der Waals surface area contributed by atoms with E-state index in [0.717, 1.165) is 13.0 Å². The lowest BCUT2D eigenvalue weighted by atomic mass is 9.95. The Morgan fingerprint density at radius 3 is 2.56 bits per heavy atom. The first-order chi connectivity index (χ1) is 11.8. The summed E-state index contributed by atoms with van der Waals surface area (Å²) in [7, 11) is 0. The van der Waals surface area contributed by atoms with Gasteiger partial charge in [-0.15, -0.1) is 0 Å². The van der Waals surface area contributed by atoms with Crippen molar-refractivity contribution >= 4 is 23.6 Å². The normalized spacial score (nSPS) is 16.0. The van der Waals surface area contributed by atoms with Crippen LogP contribution in [0, 0.1) is 0 Å². The standard InChI is InChI=1S/C14H17N3.C4H4O4/c1-9-4-3-5-11-12(9)6-14-13(11)7-16-17(14)8-10(2)15;5-3(6)1-2-4(7)8/h3-4,6-7,10H,5,8,15H2,1-2H3;1-2H,(H,5,6)(H,7,8)/b;2-1+. The van der Waals surface area contributed by atoms with Crippen molar-refractivity contribution in [3.05, 3.63) is 52.2 Å². The lowest BCUT2D eigenvalue weighted by Gasteiger charge is -2.10. The third kappa shape index (κ3) is 4.54. The van der Waals surface area contributed by atoms with Crippen LogP contribution in [0.1, 0.15) is 20.3 Å². The zero-order valence-corrected chi connectivity index (χ0v) is 14.1. The molecule has 25 heavy (non-hydrogen) atoms. The fraction of sp³-hybridized carbons (Fsp3) is 0.278. The largest absolute Gasteiger partial charge is 0.478 e. The lowest BCUT2D eigenvalue weighted by Crippen LogP contribution is -2.33. The number of carboxylic acid groups (broad SMARTS) is 2. The molecule has 0 aromatic carbocycles. The van der Waals surface area contributed by atoms with Crippen LogP contribution < -0.4 is 16.3 Å². The topological polar surface area (TPSA) is 118 Å². The van der Waals surface area contributed by atoms with Crippen LogP contribution in [0.5, 0.6) is 0 Å². The average molecular weight is 343 g/mol. The van der Waals surface area contributed by atoms with Crippen molar-refractivity contribution in [2.75, 3.05) is 0 Å². The van der Waals surface area contributed by atoms with Crippen LogP contribution in [0.3, 0.4) is 0 Å². The van der Waals surface area contributed by atoms with Gasteiger partial charge in [0, 0.05) is 23.4 Å². The van der Waals surface area contributed by atoms with Crippen LogP contribution in [0.4, 0.5) is 0 Å². The maximum absolute atomic E-state index is 9.55. The van der Waals surface area contributed by atoms with Gasteiger partial charge in [-0.2, -0.15) is 5.10 Å². The molecule has 0 fully saturated rings. The molecular weight excluding hydrogens is 322 g/mol. The third-order valence-electron chi connectivity index (χ3n) is 3.76. The lowest BCUT2D eigenvalue weighted by molar-refractivity contribution is -0.134. The molecule has 1 aromatic heterocycles. The summed E-state index contributed by atoms with van der Waals surface area (Å²) in [5.74, 6) is -2.51. The van der Waals surface area contributed by atoms with Crippen LogP contribution in [0.15, 0.2) is 41.6 Å². The number of nitrogens with zero attached hydrogens (tertiary/aromatic N) is 2. The summed E-state index contributed by atoms with van der Waals surface area (Å²) in [4.78, 5) is 19.1. The molecule has 0 aliphatic heterocycles. The molecule has 1 unspecified atom stereocenters. The first-order valence-corrected chi connectivity index (χ1v) is 7.83. The highest BCUT2D eigenvalue weighted by atomic mass is 16.4. The minimum atomic E-state index is -1.26. The molecule has 1 heterocycles. The van der Waals surface area contributed by atoms with E-state index in [2.05, 4.69) is 30.3 Å². The van der Waals surface area contributed by atoms with Crippen molar-refractivity contribution in [3.63, 3.8) is 0 Å². The van der Waals surface area contributed by atoms with E-state index < -0.39 is 11.9 Å². The second-order valence-electron chi connectivity index (χ2n) is 5.94. The highest BCUT2D eigenvalue weighted by molar-refractivity contribution is 5.89. The molecule has 0 saturated carbocycles. The van der Waals surface area contributed by atoms with Crippen LogP contribution in [-0.4, -0.2) is 38.0 Å². The zero-order valence-electron chi connectivity index (χ0n) is 14.1. The second kappa shape index (κ2) is 7.76. The van der Waals surface area contributed by atoms with E-state index >= 15 is 0 Å². The van der Waals surface area contributed by atoms with Crippen molar-refractivity contribution in [2.45, 2.75) is 32.9 Å². The highest BCUT2D eigenvalue weighted by Gasteiger charge is 2.17. The van der Waals surface area contributed by atoms with Crippen LogP contribution >= 0.6 is 0 Å². The SMILES string of the molecule is CC1=C2C=c3c(cnn3CC(C)N)=C2CC=C1.O=C(O)/C=C/C(=O)O. The number of allylic oxidation sites excluding steroid dienone is 4. The second-order valence-corrected chi connectivity index (χ2v) is 5.94. The molecule has 2 aliphatic rings. The van der Waals surface area contributed by atoms with Crippen molar-refractivity contribution in [1.82, 2.24) is 9.78 Å².